The molecule has 2 amide bonds. The molecule has 8 nitrogen and oxygen atoms in total. The fourth-order valence-electron chi connectivity index (χ4n) is 1.72. The summed E-state index contributed by atoms with van der Waals surface area (Å²) < 4.78 is 10.1. The maximum Gasteiger partial charge on any atom is 0.407 e. The summed E-state index contributed by atoms with van der Waals surface area (Å²) in [5.41, 5.74) is -1.21. The van der Waals surface area contributed by atoms with Crippen LogP contribution in [-0.2, 0) is 14.3 Å². The van der Waals surface area contributed by atoms with Crippen LogP contribution in [0.5, 0.6) is 0 Å². The summed E-state index contributed by atoms with van der Waals surface area (Å²) in [5, 5.41) is 14.2. The molecule has 0 radical (unpaired) electrons. The van der Waals surface area contributed by atoms with E-state index >= 15 is 0 Å². The SMILES string of the molecule is CC(C)(C)OC(=O)NCCC(CCNC(=O)OC(C)(C)C)C(=O)O. The van der Waals surface area contributed by atoms with Crippen LogP contribution in [0.15, 0.2) is 0 Å². The van der Waals surface area contributed by atoms with E-state index in [1.807, 2.05) is 0 Å². The molecule has 0 aromatic heterocycles. The summed E-state index contributed by atoms with van der Waals surface area (Å²) >= 11 is 0. The van der Waals surface area contributed by atoms with E-state index in [9.17, 15) is 19.5 Å². The predicted molar refractivity (Wildman–Crippen MR) is 88.8 cm³/mol. The number of carbonyl (C=O) groups is 3. The number of nitrogens with one attached hydrogen (secondary N) is 2. The van der Waals surface area contributed by atoms with Crippen LogP contribution >= 0.6 is 0 Å². The summed E-state index contributed by atoms with van der Waals surface area (Å²) in [7, 11) is 0. The van der Waals surface area contributed by atoms with Gasteiger partial charge in [-0.15, -0.1) is 0 Å². The molecule has 0 aliphatic heterocycles. The molecule has 3 N–H and O–H groups in total. The Labute approximate surface area is 143 Å². The fraction of sp³-hybridized carbons (Fsp3) is 0.812. The highest BCUT2D eigenvalue weighted by atomic mass is 16.6. The number of carboxylic acid groups (broad SMARTS) is 1. The number of aliphatic carboxylic acids is 1. The van der Waals surface area contributed by atoms with Crippen LogP contribution in [0.4, 0.5) is 9.59 Å². The molecule has 0 spiro atoms. The monoisotopic (exact) mass is 346 g/mol. The molecular formula is C16H30N2O6. The third kappa shape index (κ3) is 12.5. The van der Waals surface area contributed by atoms with Gasteiger partial charge in [-0.2, -0.15) is 0 Å². The first kappa shape index (κ1) is 22.0. The molecule has 0 aliphatic rings. The van der Waals surface area contributed by atoms with Crippen LogP contribution in [0.25, 0.3) is 0 Å². The zero-order valence-corrected chi connectivity index (χ0v) is 15.4. The highest BCUT2D eigenvalue weighted by Gasteiger charge is 2.20. The zero-order chi connectivity index (χ0) is 19.0. The second-order valence-electron chi connectivity index (χ2n) is 7.47. The Morgan fingerprint density at radius 3 is 1.42 bits per heavy atom. The second-order valence-corrected chi connectivity index (χ2v) is 7.47. The van der Waals surface area contributed by atoms with Crippen molar-refractivity contribution >= 4 is 18.2 Å². The van der Waals surface area contributed by atoms with Gasteiger partial charge in [-0.3, -0.25) is 4.79 Å². The van der Waals surface area contributed by atoms with E-state index in [0.29, 0.717) is 0 Å². The predicted octanol–water partition coefficient (Wildman–Crippen LogP) is 2.52. The van der Waals surface area contributed by atoms with Crippen molar-refractivity contribution in [3.05, 3.63) is 0 Å². The van der Waals surface area contributed by atoms with Crippen molar-refractivity contribution < 1.29 is 29.0 Å². The zero-order valence-electron chi connectivity index (χ0n) is 15.4. The van der Waals surface area contributed by atoms with Gasteiger partial charge in [0.15, 0.2) is 0 Å². The first-order valence-corrected chi connectivity index (χ1v) is 7.96. The molecule has 0 heterocycles. The van der Waals surface area contributed by atoms with Crippen molar-refractivity contribution in [2.75, 3.05) is 13.1 Å². The number of alkyl carbamates (subject to hydrolysis) is 2. The van der Waals surface area contributed by atoms with Gasteiger partial charge < -0.3 is 25.2 Å². The van der Waals surface area contributed by atoms with Crippen LogP contribution in [-0.4, -0.2) is 47.6 Å². The molecular weight excluding hydrogens is 316 g/mol. The average molecular weight is 346 g/mol. The largest absolute Gasteiger partial charge is 0.481 e. The molecule has 0 bridgehead atoms. The molecule has 0 aliphatic carbocycles. The Bertz CT molecular complexity index is 403. The number of hydrogen-bond donors (Lipinski definition) is 3. The molecule has 0 atom stereocenters. The maximum atomic E-state index is 11.5. The summed E-state index contributed by atoms with van der Waals surface area (Å²) in [6.45, 7) is 10.8. The summed E-state index contributed by atoms with van der Waals surface area (Å²) in [6.07, 6.45) is -0.688. The molecule has 140 valence electrons. The van der Waals surface area contributed by atoms with Crippen molar-refractivity contribution in [2.45, 2.75) is 65.6 Å². The van der Waals surface area contributed by atoms with Crippen LogP contribution in [0.2, 0.25) is 0 Å². The Hall–Kier alpha value is -1.99. The van der Waals surface area contributed by atoms with E-state index < -0.39 is 35.3 Å². The minimum atomic E-state index is -0.980. The van der Waals surface area contributed by atoms with E-state index in [0.717, 1.165) is 0 Å². The molecule has 0 saturated heterocycles. The molecule has 0 aromatic carbocycles. The molecule has 0 fully saturated rings. The number of hydrogen-bond acceptors (Lipinski definition) is 5. The smallest absolute Gasteiger partial charge is 0.407 e. The van der Waals surface area contributed by atoms with Crippen LogP contribution in [0.1, 0.15) is 54.4 Å². The van der Waals surface area contributed by atoms with Gasteiger partial charge in [0.1, 0.15) is 11.2 Å². The molecule has 8 heteroatoms. The molecule has 0 rings (SSSR count). The summed E-state index contributed by atoms with van der Waals surface area (Å²) in [4.78, 5) is 34.2. The van der Waals surface area contributed by atoms with Crippen molar-refractivity contribution in [1.82, 2.24) is 10.6 Å². The maximum absolute atomic E-state index is 11.5. The topological polar surface area (TPSA) is 114 Å². The first-order valence-electron chi connectivity index (χ1n) is 7.96. The van der Waals surface area contributed by atoms with E-state index in [4.69, 9.17) is 9.47 Å². The third-order valence-corrected chi connectivity index (χ3v) is 2.67. The van der Waals surface area contributed by atoms with E-state index in [1.54, 1.807) is 41.5 Å². The van der Waals surface area contributed by atoms with E-state index in [-0.39, 0.29) is 25.9 Å². The van der Waals surface area contributed by atoms with Gasteiger partial charge in [-0.05, 0) is 54.4 Å². The number of amides is 2. The standard InChI is InChI=1S/C16H30N2O6/c1-15(2,3)23-13(21)17-9-7-11(12(19)20)8-10-18-14(22)24-16(4,5)6/h11H,7-10H2,1-6H3,(H,17,21)(H,18,22)(H,19,20). The highest BCUT2D eigenvalue weighted by Crippen LogP contribution is 2.10. The number of rotatable bonds is 7. The van der Waals surface area contributed by atoms with Crippen LogP contribution in [0, 0.1) is 5.92 Å². The van der Waals surface area contributed by atoms with Crippen molar-refractivity contribution in [3.63, 3.8) is 0 Å². The number of carbonyl (C=O) groups excluding carboxylic acids is 2. The third-order valence-electron chi connectivity index (χ3n) is 2.67. The summed E-state index contributed by atoms with van der Waals surface area (Å²) in [5.74, 6) is -1.66. The lowest BCUT2D eigenvalue weighted by atomic mass is 10.0. The van der Waals surface area contributed by atoms with Crippen molar-refractivity contribution in [3.8, 4) is 0 Å². The first-order chi connectivity index (χ1) is 10.8. The van der Waals surface area contributed by atoms with Gasteiger partial charge in [0, 0.05) is 13.1 Å². The molecule has 0 unspecified atom stereocenters. The minimum absolute atomic E-state index is 0.179. The lowest BCUT2D eigenvalue weighted by Crippen LogP contribution is -2.36. The minimum Gasteiger partial charge on any atom is -0.481 e. The Balaban J connectivity index is 4.13. The molecule has 24 heavy (non-hydrogen) atoms. The normalized spacial score (nSPS) is 11.8. The van der Waals surface area contributed by atoms with Gasteiger partial charge in [-0.25, -0.2) is 9.59 Å². The lowest BCUT2D eigenvalue weighted by molar-refractivity contribution is -0.142. The van der Waals surface area contributed by atoms with Gasteiger partial charge in [0.05, 0.1) is 5.92 Å². The lowest BCUT2D eigenvalue weighted by Gasteiger charge is -2.21. The Kier molecular flexibility index (Phi) is 8.57. The van der Waals surface area contributed by atoms with Crippen molar-refractivity contribution in [2.24, 2.45) is 5.92 Å². The van der Waals surface area contributed by atoms with Gasteiger partial charge in [0.25, 0.3) is 0 Å². The van der Waals surface area contributed by atoms with Gasteiger partial charge in [0.2, 0.25) is 0 Å². The summed E-state index contributed by atoms with van der Waals surface area (Å²) in [6, 6.07) is 0. The van der Waals surface area contributed by atoms with E-state index in [2.05, 4.69) is 10.6 Å². The Morgan fingerprint density at radius 2 is 1.17 bits per heavy atom. The Morgan fingerprint density at radius 1 is 0.833 bits per heavy atom. The molecule has 0 aromatic rings. The highest BCUT2D eigenvalue weighted by molar-refractivity contribution is 5.71. The van der Waals surface area contributed by atoms with Crippen LogP contribution in [0.3, 0.4) is 0 Å². The van der Waals surface area contributed by atoms with Crippen LogP contribution < -0.4 is 10.6 Å². The quantitative estimate of drug-likeness (QED) is 0.652. The number of carboxylic acids is 1. The molecule has 0 saturated carbocycles. The van der Waals surface area contributed by atoms with Gasteiger partial charge in [-0.1, -0.05) is 0 Å². The second kappa shape index (κ2) is 9.34. The fourth-order valence-corrected chi connectivity index (χ4v) is 1.72. The number of ether oxygens (including phenoxy) is 2. The van der Waals surface area contributed by atoms with Gasteiger partial charge >= 0.3 is 18.2 Å². The van der Waals surface area contributed by atoms with E-state index in [1.165, 1.54) is 0 Å². The van der Waals surface area contributed by atoms with Crippen molar-refractivity contribution in [1.29, 1.82) is 0 Å². The average Bonchev–Trinajstić information content (AvgIpc) is 2.32.